The Morgan fingerprint density at radius 2 is 1.92 bits per heavy atom. The number of rotatable bonds is 5. The summed E-state index contributed by atoms with van der Waals surface area (Å²) in [6.07, 6.45) is -4.25. The Bertz CT molecular complexity index is 1380. The number of nitrogens with two attached hydrogens (primary N) is 1. The molecule has 0 amide bonds. The average Bonchev–Trinajstić information content (AvgIpc) is 2.90. The van der Waals surface area contributed by atoms with Crippen LogP contribution in [-0.4, -0.2) is 81.6 Å². The molecule has 11 nitrogen and oxygen atoms in total. The Morgan fingerprint density at radius 3 is 2.56 bits per heavy atom. The summed E-state index contributed by atoms with van der Waals surface area (Å²) in [4.78, 5) is 40.1. The molecule has 0 spiro atoms. The van der Waals surface area contributed by atoms with E-state index in [9.17, 15) is 34.8 Å². The van der Waals surface area contributed by atoms with Gasteiger partial charge in [-0.2, -0.15) is 0 Å². The molecule has 5 rings (SSSR count). The predicted octanol–water partition coefficient (Wildman–Crippen LogP) is 0.604. The van der Waals surface area contributed by atoms with Crippen molar-refractivity contribution in [2.24, 2.45) is 5.73 Å². The SMILES string of the molecule is COc1cccc2c1C(=O)c1c(C)c3c(c(O)c1C2=O)CC(O)(C(=O)CO)C[C@@H]3OC1CC(N)C(O)C(C)O1. The quantitative estimate of drug-likeness (QED) is 0.305. The molecule has 1 aliphatic heterocycles. The first-order chi connectivity index (χ1) is 18.4. The molecule has 2 aromatic carbocycles. The summed E-state index contributed by atoms with van der Waals surface area (Å²) in [7, 11) is 1.38. The number of aromatic hydroxyl groups is 1. The highest BCUT2D eigenvalue weighted by Crippen LogP contribution is 2.49. The molecule has 5 unspecified atom stereocenters. The minimum Gasteiger partial charge on any atom is -0.507 e. The van der Waals surface area contributed by atoms with Gasteiger partial charge < -0.3 is 40.4 Å². The van der Waals surface area contributed by atoms with E-state index in [1.54, 1.807) is 26.0 Å². The van der Waals surface area contributed by atoms with Gasteiger partial charge in [0, 0.05) is 42.0 Å². The van der Waals surface area contributed by atoms with Gasteiger partial charge in [-0.15, -0.1) is 0 Å². The number of aliphatic hydroxyl groups is 3. The van der Waals surface area contributed by atoms with Gasteiger partial charge in [-0.3, -0.25) is 14.4 Å². The van der Waals surface area contributed by atoms with Crippen LogP contribution < -0.4 is 10.5 Å². The highest BCUT2D eigenvalue weighted by molar-refractivity contribution is 6.31. The Kier molecular flexibility index (Phi) is 6.86. The molecule has 3 aliphatic rings. The van der Waals surface area contributed by atoms with Crippen LogP contribution in [0.3, 0.4) is 0 Å². The molecule has 39 heavy (non-hydrogen) atoms. The van der Waals surface area contributed by atoms with Crippen molar-refractivity contribution in [1.29, 1.82) is 0 Å². The second-order valence-corrected chi connectivity index (χ2v) is 10.4. The van der Waals surface area contributed by atoms with Crippen molar-refractivity contribution in [2.45, 2.75) is 69.4 Å². The maximum Gasteiger partial charge on any atom is 0.198 e. The van der Waals surface area contributed by atoms with Gasteiger partial charge >= 0.3 is 0 Å². The maximum absolute atomic E-state index is 13.8. The minimum atomic E-state index is -2.13. The maximum atomic E-state index is 13.8. The second-order valence-electron chi connectivity index (χ2n) is 10.4. The van der Waals surface area contributed by atoms with Gasteiger partial charge in [0.05, 0.1) is 36.5 Å². The first-order valence-corrected chi connectivity index (χ1v) is 12.7. The standard InChI is InChI=1S/C28H31NO10/c1-11-20-14(26(34)23-21(11)27(35)22-13(25(23)33)5-4-6-16(22)37-3)8-28(36,18(31)10-30)9-17(20)39-19-7-15(29)24(32)12(2)38-19/h4-6,12,15,17,19,24,30,32,34,36H,7-10,29H2,1-3H3/t12?,15?,17-,19?,24?,28?/m0/s1. The number of fused-ring (bicyclic) bond motifs is 3. The van der Waals surface area contributed by atoms with Crippen molar-refractivity contribution in [1.82, 2.24) is 0 Å². The molecule has 0 aromatic heterocycles. The van der Waals surface area contributed by atoms with Crippen LogP contribution in [0.2, 0.25) is 0 Å². The Labute approximate surface area is 224 Å². The van der Waals surface area contributed by atoms with Crippen LogP contribution in [0.25, 0.3) is 0 Å². The molecule has 0 radical (unpaired) electrons. The van der Waals surface area contributed by atoms with E-state index in [1.165, 1.54) is 13.2 Å². The number of carbonyl (C=O) groups excluding carboxylic acids is 3. The molecule has 2 aromatic rings. The normalized spacial score (nSPS) is 29.9. The average molecular weight is 542 g/mol. The zero-order valence-electron chi connectivity index (χ0n) is 21.8. The van der Waals surface area contributed by atoms with E-state index in [2.05, 4.69) is 0 Å². The molecule has 1 fully saturated rings. The molecular formula is C28H31NO10. The smallest absolute Gasteiger partial charge is 0.198 e. The number of ketones is 3. The summed E-state index contributed by atoms with van der Waals surface area (Å²) in [6.45, 7) is 2.28. The van der Waals surface area contributed by atoms with Crippen LogP contribution >= 0.6 is 0 Å². The van der Waals surface area contributed by atoms with Crippen LogP contribution in [0.4, 0.5) is 0 Å². The fourth-order valence-electron chi connectivity index (χ4n) is 6.05. The van der Waals surface area contributed by atoms with Crippen LogP contribution in [0.15, 0.2) is 18.2 Å². The van der Waals surface area contributed by atoms with Gasteiger partial charge in [-0.05, 0) is 31.0 Å². The molecule has 6 N–H and O–H groups in total. The fraction of sp³-hybridized carbons (Fsp3) is 0.464. The number of benzene rings is 2. The number of hydrogen-bond donors (Lipinski definition) is 5. The highest BCUT2D eigenvalue weighted by Gasteiger charge is 2.49. The summed E-state index contributed by atoms with van der Waals surface area (Å²) in [6, 6.07) is 3.92. The number of phenolic OH excluding ortho intramolecular Hbond substituents is 1. The number of carbonyl (C=O) groups is 3. The first-order valence-electron chi connectivity index (χ1n) is 12.7. The Morgan fingerprint density at radius 1 is 1.21 bits per heavy atom. The second kappa shape index (κ2) is 9.77. The third-order valence-electron chi connectivity index (χ3n) is 8.09. The fourth-order valence-corrected chi connectivity index (χ4v) is 6.05. The highest BCUT2D eigenvalue weighted by atomic mass is 16.7. The van der Waals surface area contributed by atoms with Crippen molar-refractivity contribution in [3.8, 4) is 11.5 Å². The van der Waals surface area contributed by atoms with E-state index < -0.39 is 72.4 Å². The lowest BCUT2D eigenvalue weighted by atomic mass is 9.70. The zero-order valence-corrected chi connectivity index (χ0v) is 21.8. The lowest BCUT2D eigenvalue weighted by Crippen LogP contribution is -2.53. The van der Waals surface area contributed by atoms with Crippen molar-refractivity contribution in [3.05, 3.63) is 57.1 Å². The number of hydrogen-bond acceptors (Lipinski definition) is 11. The molecule has 1 heterocycles. The number of methoxy groups -OCH3 is 1. The van der Waals surface area contributed by atoms with Gasteiger partial charge in [0.1, 0.15) is 23.7 Å². The molecule has 1 saturated heterocycles. The molecule has 208 valence electrons. The van der Waals surface area contributed by atoms with Gasteiger partial charge in [-0.25, -0.2) is 0 Å². The molecule has 6 atom stereocenters. The molecule has 0 bridgehead atoms. The monoisotopic (exact) mass is 541 g/mol. The van der Waals surface area contributed by atoms with Crippen LogP contribution in [0.1, 0.15) is 74.4 Å². The topological polar surface area (TPSA) is 186 Å². The molecule has 0 saturated carbocycles. The number of phenols is 1. The predicted molar refractivity (Wildman–Crippen MR) is 135 cm³/mol. The third-order valence-corrected chi connectivity index (χ3v) is 8.09. The Hall–Kier alpha value is -3.19. The van der Waals surface area contributed by atoms with Crippen molar-refractivity contribution < 1.29 is 49.0 Å². The lowest BCUT2D eigenvalue weighted by molar-refractivity contribution is -0.247. The molecule has 2 aliphatic carbocycles. The molecule has 11 heteroatoms. The van der Waals surface area contributed by atoms with E-state index in [1.807, 2.05) is 0 Å². The van der Waals surface area contributed by atoms with E-state index >= 15 is 0 Å². The molecular weight excluding hydrogens is 510 g/mol. The number of aliphatic hydroxyl groups excluding tert-OH is 2. The largest absolute Gasteiger partial charge is 0.507 e. The number of ether oxygens (including phenoxy) is 3. The van der Waals surface area contributed by atoms with Gasteiger partial charge in [0.15, 0.2) is 23.6 Å². The van der Waals surface area contributed by atoms with E-state index in [-0.39, 0.29) is 46.4 Å². The van der Waals surface area contributed by atoms with Crippen molar-refractivity contribution in [2.75, 3.05) is 13.7 Å². The van der Waals surface area contributed by atoms with Crippen LogP contribution in [0, 0.1) is 6.92 Å². The summed E-state index contributed by atoms with van der Waals surface area (Å²) in [5.74, 6) is -2.35. The van der Waals surface area contributed by atoms with Gasteiger partial charge in [-0.1, -0.05) is 12.1 Å². The summed E-state index contributed by atoms with van der Waals surface area (Å²) >= 11 is 0. The van der Waals surface area contributed by atoms with E-state index in [0.29, 0.717) is 11.1 Å². The van der Waals surface area contributed by atoms with Crippen LogP contribution in [0.5, 0.6) is 11.5 Å². The van der Waals surface area contributed by atoms with Gasteiger partial charge in [0.2, 0.25) is 0 Å². The third kappa shape index (κ3) is 4.17. The Balaban J connectivity index is 1.69. The van der Waals surface area contributed by atoms with E-state index in [0.717, 1.165) is 0 Å². The zero-order chi connectivity index (χ0) is 28.4. The van der Waals surface area contributed by atoms with Crippen LogP contribution in [-0.2, 0) is 20.7 Å². The first kappa shape index (κ1) is 27.4. The van der Waals surface area contributed by atoms with Crippen molar-refractivity contribution in [3.63, 3.8) is 0 Å². The van der Waals surface area contributed by atoms with E-state index in [4.69, 9.17) is 19.9 Å². The number of Topliss-reactive ketones (excluding diaryl/α,β-unsaturated/α-hetero) is 1. The minimum absolute atomic E-state index is 0.0224. The summed E-state index contributed by atoms with van der Waals surface area (Å²) in [5.41, 5.74) is 4.53. The lowest BCUT2D eigenvalue weighted by Gasteiger charge is -2.42. The summed E-state index contributed by atoms with van der Waals surface area (Å²) < 4.78 is 17.3. The van der Waals surface area contributed by atoms with Gasteiger partial charge in [0.25, 0.3) is 0 Å². The summed E-state index contributed by atoms with van der Waals surface area (Å²) in [5, 5.41) is 42.5. The van der Waals surface area contributed by atoms with Crippen molar-refractivity contribution >= 4 is 17.3 Å².